The molecular formula is C20H17N3O. The van der Waals surface area contributed by atoms with Gasteiger partial charge in [-0.25, -0.2) is 4.68 Å². The van der Waals surface area contributed by atoms with E-state index in [1.165, 1.54) is 0 Å². The van der Waals surface area contributed by atoms with Gasteiger partial charge in [0.2, 0.25) is 0 Å². The largest absolute Gasteiger partial charge is 0.364 e. The third-order valence-corrected chi connectivity index (χ3v) is 3.96. The number of carbonyl (C=O) groups is 1. The summed E-state index contributed by atoms with van der Waals surface area (Å²) < 4.78 is 1.66. The fourth-order valence-corrected chi connectivity index (χ4v) is 2.44. The van der Waals surface area contributed by atoms with E-state index in [1.807, 2.05) is 56.3 Å². The molecule has 0 bridgehead atoms. The van der Waals surface area contributed by atoms with Gasteiger partial charge in [0.15, 0.2) is 0 Å². The Morgan fingerprint density at radius 3 is 2.42 bits per heavy atom. The highest BCUT2D eigenvalue weighted by Crippen LogP contribution is 2.20. The molecule has 0 saturated heterocycles. The van der Waals surface area contributed by atoms with E-state index in [0.29, 0.717) is 0 Å². The highest BCUT2D eigenvalue weighted by atomic mass is 16.1. The van der Waals surface area contributed by atoms with Crippen molar-refractivity contribution in [1.29, 1.82) is 0 Å². The van der Waals surface area contributed by atoms with Crippen LogP contribution in [0.3, 0.4) is 0 Å². The first-order valence-electron chi connectivity index (χ1n) is 7.59. The Bertz CT molecular complexity index is 960. The molecule has 1 amide bonds. The lowest BCUT2D eigenvalue weighted by Crippen LogP contribution is -2.12. The van der Waals surface area contributed by atoms with Crippen molar-refractivity contribution >= 4 is 5.91 Å². The van der Waals surface area contributed by atoms with Gasteiger partial charge in [0, 0.05) is 17.3 Å². The number of rotatable bonds is 2. The molecule has 2 N–H and O–H groups in total. The molecule has 0 radical (unpaired) electrons. The molecule has 2 aromatic carbocycles. The molecule has 0 fully saturated rings. The third kappa shape index (κ3) is 3.06. The zero-order valence-electron chi connectivity index (χ0n) is 13.6. The van der Waals surface area contributed by atoms with E-state index in [1.54, 1.807) is 16.9 Å². The molecule has 0 aliphatic rings. The Morgan fingerprint density at radius 2 is 1.75 bits per heavy atom. The fourth-order valence-electron chi connectivity index (χ4n) is 2.44. The Kier molecular flexibility index (Phi) is 4.17. The van der Waals surface area contributed by atoms with Crippen molar-refractivity contribution in [2.45, 2.75) is 13.8 Å². The fraction of sp³-hybridized carbons (Fsp3) is 0.100. The van der Waals surface area contributed by atoms with Crippen molar-refractivity contribution in [3.63, 3.8) is 0 Å². The number of benzene rings is 2. The number of amides is 1. The van der Waals surface area contributed by atoms with Crippen LogP contribution in [0.15, 0.2) is 54.7 Å². The maximum absolute atomic E-state index is 11.2. The van der Waals surface area contributed by atoms with Gasteiger partial charge < -0.3 is 5.73 Å². The lowest BCUT2D eigenvalue weighted by molar-refractivity contribution is 0.0995. The van der Waals surface area contributed by atoms with Crippen LogP contribution in [0.4, 0.5) is 0 Å². The maximum Gasteiger partial charge on any atom is 0.269 e. The maximum atomic E-state index is 11.2. The summed E-state index contributed by atoms with van der Waals surface area (Å²) in [6.07, 6.45) is 1.73. The lowest BCUT2D eigenvalue weighted by atomic mass is 10.0. The molecule has 118 valence electrons. The van der Waals surface area contributed by atoms with Crippen LogP contribution in [0.2, 0.25) is 0 Å². The third-order valence-electron chi connectivity index (χ3n) is 3.96. The molecule has 1 aromatic heterocycles. The number of aromatic nitrogens is 2. The van der Waals surface area contributed by atoms with Crippen molar-refractivity contribution < 1.29 is 4.79 Å². The summed E-state index contributed by atoms with van der Waals surface area (Å²) in [6, 6.07) is 15.4. The second-order valence-corrected chi connectivity index (χ2v) is 5.51. The second-order valence-electron chi connectivity index (χ2n) is 5.51. The topological polar surface area (TPSA) is 60.9 Å². The van der Waals surface area contributed by atoms with Gasteiger partial charge in [0.05, 0.1) is 5.69 Å². The van der Waals surface area contributed by atoms with Gasteiger partial charge in [-0.15, -0.1) is 0 Å². The molecule has 4 heteroatoms. The van der Waals surface area contributed by atoms with E-state index < -0.39 is 5.91 Å². The molecule has 3 rings (SSSR count). The number of nitrogens with zero attached hydrogens (tertiary/aromatic N) is 2. The van der Waals surface area contributed by atoms with Crippen LogP contribution in [0.25, 0.3) is 5.69 Å². The van der Waals surface area contributed by atoms with Gasteiger partial charge in [0.25, 0.3) is 5.91 Å². The summed E-state index contributed by atoms with van der Waals surface area (Å²) in [4.78, 5) is 11.2. The summed E-state index contributed by atoms with van der Waals surface area (Å²) in [5.41, 5.74) is 10.5. The van der Waals surface area contributed by atoms with Gasteiger partial charge in [-0.2, -0.15) is 5.10 Å². The lowest BCUT2D eigenvalue weighted by Gasteiger charge is -2.10. The highest BCUT2D eigenvalue weighted by Gasteiger charge is 2.10. The normalized spacial score (nSPS) is 10.1. The highest BCUT2D eigenvalue weighted by molar-refractivity contribution is 5.90. The molecular weight excluding hydrogens is 298 g/mol. The Morgan fingerprint density at radius 1 is 1.00 bits per heavy atom. The van der Waals surface area contributed by atoms with Crippen LogP contribution < -0.4 is 5.73 Å². The zero-order chi connectivity index (χ0) is 17.1. The first-order chi connectivity index (χ1) is 11.6. The molecule has 4 nitrogen and oxygen atoms in total. The molecule has 3 aromatic rings. The number of nitrogens with two attached hydrogens (primary N) is 1. The average Bonchev–Trinajstić information content (AvgIpc) is 3.07. The molecule has 0 aliphatic heterocycles. The molecule has 1 heterocycles. The van der Waals surface area contributed by atoms with Crippen molar-refractivity contribution in [3.8, 4) is 17.5 Å². The van der Waals surface area contributed by atoms with Crippen molar-refractivity contribution in [1.82, 2.24) is 9.78 Å². The smallest absolute Gasteiger partial charge is 0.269 e. The molecule has 24 heavy (non-hydrogen) atoms. The Balaban J connectivity index is 1.97. The molecule has 0 atom stereocenters. The van der Waals surface area contributed by atoms with Crippen molar-refractivity contribution in [2.24, 2.45) is 5.73 Å². The van der Waals surface area contributed by atoms with E-state index in [4.69, 9.17) is 5.73 Å². The number of primary amides is 1. The predicted octanol–water partition coefficient (Wildman–Crippen LogP) is 2.99. The van der Waals surface area contributed by atoms with E-state index in [9.17, 15) is 4.79 Å². The Hall–Kier alpha value is -3.32. The van der Waals surface area contributed by atoms with Gasteiger partial charge in [-0.05, 0) is 55.3 Å². The summed E-state index contributed by atoms with van der Waals surface area (Å²) in [6.45, 7) is 4.05. The Labute approximate surface area is 140 Å². The quantitative estimate of drug-likeness (QED) is 0.739. The van der Waals surface area contributed by atoms with Gasteiger partial charge >= 0.3 is 0 Å². The van der Waals surface area contributed by atoms with E-state index in [0.717, 1.165) is 27.9 Å². The minimum atomic E-state index is -0.534. The van der Waals surface area contributed by atoms with E-state index in [-0.39, 0.29) is 5.69 Å². The number of hydrogen-bond donors (Lipinski definition) is 1. The molecule has 0 spiro atoms. The van der Waals surface area contributed by atoms with Crippen LogP contribution in [0.5, 0.6) is 0 Å². The van der Waals surface area contributed by atoms with E-state index >= 15 is 0 Å². The van der Waals surface area contributed by atoms with E-state index in [2.05, 4.69) is 16.9 Å². The first-order valence-corrected chi connectivity index (χ1v) is 7.59. The minimum Gasteiger partial charge on any atom is -0.364 e. The average molecular weight is 315 g/mol. The van der Waals surface area contributed by atoms with Crippen molar-refractivity contribution in [3.05, 3.63) is 82.7 Å². The summed E-state index contributed by atoms with van der Waals surface area (Å²) in [5.74, 6) is 5.86. The number of carbonyl (C=O) groups excluding carboxylic acids is 1. The monoisotopic (exact) mass is 315 g/mol. The van der Waals surface area contributed by atoms with Gasteiger partial charge in [-0.1, -0.05) is 30.0 Å². The summed E-state index contributed by atoms with van der Waals surface area (Å²) in [5, 5.41) is 4.21. The zero-order valence-corrected chi connectivity index (χ0v) is 13.6. The first kappa shape index (κ1) is 15.6. The van der Waals surface area contributed by atoms with Crippen molar-refractivity contribution in [2.75, 3.05) is 0 Å². The van der Waals surface area contributed by atoms with Crippen LogP contribution in [-0.4, -0.2) is 15.7 Å². The SMILES string of the molecule is Cc1c(C#Cc2ccccc2)ccc(-n2ccc(C(N)=O)n2)c1C. The summed E-state index contributed by atoms with van der Waals surface area (Å²) >= 11 is 0. The van der Waals surface area contributed by atoms with Crippen LogP contribution in [-0.2, 0) is 0 Å². The molecule has 0 unspecified atom stereocenters. The molecule has 0 aliphatic carbocycles. The van der Waals surface area contributed by atoms with Gasteiger partial charge in [-0.3, -0.25) is 4.79 Å². The van der Waals surface area contributed by atoms with Crippen LogP contribution >= 0.6 is 0 Å². The predicted molar refractivity (Wildman–Crippen MR) is 94.0 cm³/mol. The van der Waals surface area contributed by atoms with Crippen LogP contribution in [0.1, 0.15) is 32.7 Å². The summed E-state index contributed by atoms with van der Waals surface area (Å²) in [7, 11) is 0. The van der Waals surface area contributed by atoms with Gasteiger partial charge in [0.1, 0.15) is 5.69 Å². The molecule has 0 saturated carbocycles. The minimum absolute atomic E-state index is 0.250. The number of hydrogen-bond acceptors (Lipinski definition) is 2. The standard InChI is InChI=1S/C20H17N3O/c1-14-15(2)19(23-13-12-18(22-23)20(21)24)11-10-17(14)9-8-16-6-4-3-5-7-16/h3-7,10-13H,1-2H3,(H2,21,24). The second kappa shape index (κ2) is 6.43. The van der Waals surface area contributed by atoms with Crippen LogP contribution in [0, 0.1) is 25.7 Å².